The van der Waals surface area contributed by atoms with Crippen LogP contribution < -0.4 is 10.1 Å². The second kappa shape index (κ2) is 11.2. The fourth-order valence-electron chi connectivity index (χ4n) is 2.47. The van der Waals surface area contributed by atoms with Gasteiger partial charge in [-0.3, -0.25) is 9.59 Å². The normalized spacial score (nSPS) is 10.9. The minimum Gasteiger partial charge on any atom is -0.434 e. The molecule has 0 saturated heterocycles. The Balaban J connectivity index is 1.93. The molecule has 0 aliphatic heterocycles. The van der Waals surface area contributed by atoms with Crippen LogP contribution >= 0.6 is 11.6 Å². The Labute approximate surface area is 172 Å². The Morgan fingerprint density at radius 2 is 1.86 bits per heavy atom. The van der Waals surface area contributed by atoms with E-state index in [0.717, 1.165) is 5.56 Å². The van der Waals surface area contributed by atoms with Gasteiger partial charge in [-0.2, -0.15) is 8.78 Å². The van der Waals surface area contributed by atoms with Gasteiger partial charge in [0.2, 0.25) is 11.8 Å². The van der Waals surface area contributed by atoms with Crippen LogP contribution in [0.5, 0.6) is 5.75 Å². The monoisotopic (exact) mass is 422 g/mol. The quantitative estimate of drug-likeness (QED) is 0.618. The highest BCUT2D eigenvalue weighted by Crippen LogP contribution is 2.21. The van der Waals surface area contributed by atoms with Gasteiger partial charge in [0.15, 0.2) is 0 Å². The molecule has 154 valence electrons. The number of ether oxygens (including phenoxy) is 1. The maximum Gasteiger partial charge on any atom is 0.387 e. The summed E-state index contributed by atoms with van der Waals surface area (Å²) >= 11 is 5.82. The molecule has 2 amide bonds. The summed E-state index contributed by atoms with van der Waals surface area (Å²) in [6.45, 7) is -0.714. The lowest BCUT2D eigenvalue weighted by Gasteiger charge is -2.18. The molecule has 0 saturated carbocycles. The molecule has 0 aliphatic rings. The van der Waals surface area contributed by atoms with Crippen LogP contribution in [0, 0.1) is 0 Å². The van der Waals surface area contributed by atoms with Gasteiger partial charge in [-0.05, 0) is 36.8 Å². The van der Waals surface area contributed by atoms with Crippen LogP contribution in [0.3, 0.4) is 0 Å². The van der Waals surface area contributed by atoms with E-state index in [4.69, 9.17) is 11.6 Å². The molecule has 1 N–H and O–H groups in total. The Morgan fingerprint density at radius 1 is 1.17 bits per heavy atom. The summed E-state index contributed by atoms with van der Waals surface area (Å²) in [4.78, 5) is 25.9. The fourth-order valence-corrected chi connectivity index (χ4v) is 2.59. The van der Waals surface area contributed by atoms with Gasteiger partial charge in [-0.25, -0.2) is 0 Å². The number of amides is 2. The number of rotatable bonds is 9. The van der Waals surface area contributed by atoms with E-state index in [-0.39, 0.29) is 18.2 Å². The molecule has 0 radical (unpaired) electrons. The number of carbonyl (C=O) groups is 2. The van der Waals surface area contributed by atoms with Gasteiger partial charge in [-0.1, -0.05) is 41.9 Å². The van der Waals surface area contributed by atoms with E-state index in [1.807, 2.05) is 0 Å². The summed E-state index contributed by atoms with van der Waals surface area (Å²) in [6, 6.07) is 13.2. The number of benzene rings is 2. The number of carbonyl (C=O) groups excluding carboxylic acids is 2. The molecule has 0 spiro atoms. The summed E-state index contributed by atoms with van der Waals surface area (Å²) < 4.78 is 29.4. The number of nitrogens with one attached hydrogen (secondary N) is 1. The topological polar surface area (TPSA) is 58.6 Å². The number of alkyl halides is 2. The molecule has 29 heavy (non-hydrogen) atoms. The van der Waals surface area contributed by atoms with E-state index in [1.165, 1.54) is 23.1 Å². The molecule has 8 heteroatoms. The molecule has 0 aromatic heterocycles. The summed E-state index contributed by atoms with van der Waals surface area (Å²) in [5, 5.41) is 3.35. The van der Waals surface area contributed by atoms with Crippen LogP contribution in [0.25, 0.3) is 6.08 Å². The van der Waals surface area contributed by atoms with Crippen LogP contribution in [0.2, 0.25) is 5.02 Å². The van der Waals surface area contributed by atoms with Gasteiger partial charge < -0.3 is 15.0 Å². The second-order valence-electron chi connectivity index (χ2n) is 6.01. The second-order valence-corrected chi connectivity index (χ2v) is 6.44. The first-order chi connectivity index (χ1) is 13.9. The first kappa shape index (κ1) is 22.4. The predicted octanol–water partition coefficient (Wildman–Crippen LogP) is 4.12. The highest BCUT2D eigenvalue weighted by Gasteiger charge is 2.14. The maximum atomic E-state index is 12.5. The standard InChI is InChI=1S/C21H21ClF2N2O3/c1-2-26(14-19(27)25-13-15-7-10-17(22)11-8-15)20(28)12-9-16-5-3-4-6-18(16)29-21(23)24/h3-12,21H,2,13-14H2,1H3,(H,25,27)/b12-9+. The molecule has 0 fully saturated rings. The number of nitrogens with zero attached hydrogens (tertiary/aromatic N) is 1. The molecule has 0 atom stereocenters. The Bertz CT molecular complexity index is 857. The molecular formula is C21H21ClF2N2O3. The molecule has 0 heterocycles. The van der Waals surface area contributed by atoms with Crippen LogP contribution in [-0.2, 0) is 16.1 Å². The van der Waals surface area contributed by atoms with Gasteiger partial charge in [0.1, 0.15) is 5.75 Å². The summed E-state index contributed by atoms with van der Waals surface area (Å²) in [7, 11) is 0. The zero-order valence-corrected chi connectivity index (χ0v) is 16.5. The Morgan fingerprint density at radius 3 is 2.52 bits per heavy atom. The van der Waals surface area contributed by atoms with Crippen molar-refractivity contribution < 1.29 is 23.1 Å². The summed E-state index contributed by atoms with van der Waals surface area (Å²) in [5.41, 5.74) is 1.22. The number of hydrogen-bond donors (Lipinski definition) is 1. The minimum atomic E-state index is -2.96. The SMILES string of the molecule is CCN(CC(=O)NCc1ccc(Cl)cc1)C(=O)/C=C/c1ccccc1OC(F)F. The van der Waals surface area contributed by atoms with E-state index in [9.17, 15) is 18.4 Å². The summed E-state index contributed by atoms with van der Waals surface area (Å²) in [5.74, 6) is -0.763. The molecule has 2 aromatic rings. The molecule has 2 aromatic carbocycles. The van der Waals surface area contributed by atoms with E-state index in [2.05, 4.69) is 10.1 Å². The van der Waals surface area contributed by atoms with Crippen LogP contribution in [0.15, 0.2) is 54.6 Å². The molecule has 0 unspecified atom stereocenters. The third-order valence-corrected chi connectivity index (χ3v) is 4.22. The van der Waals surface area contributed by atoms with Crippen LogP contribution in [0.4, 0.5) is 8.78 Å². The maximum absolute atomic E-state index is 12.5. The third kappa shape index (κ3) is 7.54. The fraction of sp³-hybridized carbons (Fsp3) is 0.238. The Kier molecular flexibility index (Phi) is 8.61. The summed E-state index contributed by atoms with van der Waals surface area (Å²) in [6.07, 6.45) is 2.61. The zero-order valence-electron chi connectivity index (χ0n) is 15.8. The lowest BCUT2D eigenvalue weighted by molar-refractivity contribution is -0.132. The van der Waals surface area contributed by atoms with Gasteiger partial charge in [0.05, 0.1) is 6.54 Å². The highest BCUT2D eigenvalue weighted by molar-refractivity contribution is 6.30. The average molecular weight is 423 g/mol. The van der Waals surface area contributed by atoms with Crippen molar-refractivity contribution in [1.82, 2.24) is 10.2 Å². The average Bonchev–Trinajstić information content (AvgIpc) is 2.70. The van der Waals surface area contributed by atoms with Crippen molar-refractivity contribution in [2.24, 2.45) is 0 Å². The van der Waals surface area contributed by atoms with Gasteiger partial charge in [0.25, 0.3) is 0 Å². The lowest BCUT2D eigenvalue weighted by atomic mass is 10.2. The van der Waals surface area contributed by atoms with E-state index in [0.29, 0.717) is 23.7 Å². The first-order valence-corrected chi connectivity index (χ1v) is 9.28. The van der Waals surface area contributed by atoms with Gasteiger partial charge >= 0.3 is 6.61 Å². The van der Waals surface area contributed by atoms with E-state index >= 15 is 0 Å². The lowest BCUT2D eigenvalue weighted by Crippen LogP contribution is -2.39. The molecule has 0 bridgehead atoms. The van der Waals surface area contributed by atoms with Crippen molar-refractivity contribution in [2.75, 3.05) is 13.1 Å². The number of halogens is 3. The predicted molar refractivity (Wildman–Crippen MR) is 108 cm³/mol. The largest absolute Gasteiger partial charge is 0.434 e. The number of para-hydroxylation sites is 1. The Hall–Kier alpha value is -2.93. The molecule has 5 nitrogen and oxygen atoms in total. The minimum absolute atomic E-state index is 0.0321. The molecular weight excluding hydrogens is 402 g/mol. The van der Waals surface area contributed by atoms with Crippen molar-refractivity contribution in [3.8, 4) is 5.75 Å². The van der Waals surface area contributed by atoms with E-state index < -0.39 is 12.5 Å². The van der Waals surface area contributed by atoms with E-state index in [1.54, 1.807) is 49.4 Å². The van der Waals surface area contributed by atoms with Crippen molar-refractivity contribution in [3.05, 3.63) is 70.8 Å². The van der Waals surface area contributed by atoms with Crippen LogP contribution in [-0.4, -0.2) is 36.4 Å². The zero-order chi connectivity index (χ0) is 21.2. The number of likely N-dealkylation sites (N-methyl/N-ethyl adjacent to an activating group) is 1. The van der Waals surface area contributed by atoms with Gasteiger partial charge in [-0.15, -0.1) is 0 Å². The third-order valence-electron chi connectivity index (χ3n) is 3.97. The molecule has 2 rings (SSSR count). The van der Waals surface area contributed by atoms with Crippen LogP contribution in [0.1, 0.15) is 18.1 Å². The highest BCUT2D eigenvalue weighted by atomic mass is 35.5. The smallest absolute Gasteiger partial charge is 0.387 e. The molecule has 0 aliphatic carbocycles. The van der Waals surface area contributed by atoms with Crippen molar-refractivity contribution in [3.63, 3.8) is 0 Å². The van der Waals surface area contributed by atoms with Crippen molar-refractivity contribution in [2.45, 2.75) is 20.1 Å². The first-order valence-electron chi connectivity index (χ1n) is 8.91. The van der Waals surface area contributed by atoms with Crippen molar-refractivity contribution in [1.29, 1.82) is 0 Å². The number of hydrogen-bond acceptors (Lipinski definition) is 3. The van der Waals surface area contributed by atoms with Gasteiger partial charge in [0, 0.05) is 29.8 Å². The van der Waals surface area contributed by atoms with Crippen molar-refractivity contribution >= 4 is 29.5 Å².